The molecule has 2 N–H and O–H groups in total. The first-order valence-corrected chi connectivity index (χ1v) is 5.46. The van der Waals surface area contributed by atoms with E-state index in [1.54, 1.807) is 6.20 Å². The lowest BCUT2D eigenvalue weighted by Gasteiger charge is -2.16. The van der Waals surface area contributed by atoms with Gasteiger partial charge in [-0.1, -0.05) is 6.07 Å². The summed E-state index contributed by atoms with van der Waals surface area (Å²) in [6.07, 6.45) is 3.45. The van der Waals surface area contributed by atoms with Crippen LogP contribution in [-0.2, 0) is 6.42 Å². The van der Waals surface area contributed by atoms with Crippen LogP contribution in [0.3, 0.4) is 0 Å². The van der Waals surface area contributed by atoms with Crippen molar-refractivity contribution in [3.8, 4) is 6.07 Å². The number of aromatic nitrogens is 1. The van der Waals surface area contributed by atoms with Crippen LogP contribution < -0.4 is 5.73 Å². The van der Waals surface area contributed by atoms with E-state index in [2.05, 4.69) is 9.88 Å². The maximum atomic E-state index is 8.55. The Kier molecular flexibility index (Phi) is 5.48. The second kappa shape index (κ2) is 6.94. The molecule has 0 saturated heterocycles. The molecule has 0 bridgehead atoms. The average molecular weight is 218 g/mol. The third kappa shape index (κ3) is 4.87. The largest absolute Gasteiger partial charge is 0.316 e. The summed E-state index contributed by atoms with van der Waals surface area (Å²) in [5.41, 5.74) is 6.62. The maximum Gasteiger partial charge on any atom is 0.0940 e. The number of hydrogen-bond acceptors (Lipinski definition) is 4. The summed E-state index contributed by atoms with van der Waals surface area (Å²) in [6, 6.07) is 7.62. The Morgan fingerprint density at radius 3 is 2.94 bits per heavy atom. The first-order chi connectivity index (χ1) is 7.72. The summed E-state index contributed by atoms with van der Waals surface area (Å²) in [5, 5.41) is 8.55. The zero-order chi connectivity index (χ0) is 11.8. The highest BCUT2D eigenvalue weighted by Crippen LogP contribution is 1.97. The van der Waals surface area contributed by atoms with Crippen LogP contribution in [0, 0.1) is 11.3 Å². The summed E-state index contributed by atoms with van der Waals surface area (Å²) in [4.78, 5) is 6.43. The van der Waals surface area contributed by atoms with Crippen LogP contribution in [0.1, 0.15) is 12.1 Å². The fourth-order valence-corrected chi connectivity index (χ4v) is 1.39. The van der Waals surface area contributed by atoms with Crippen molar-refractivity contribution in [3.05, 3.63) is 30.1 Å². The van der Waals surface area contributed by atoms with Crippen molar-refractivity contribution in [3.63, 3.8) is 0 Å². The third-order valence-electron chi connectivity index (χ3n) is 2.46. The van der Waals surface area contributed by atoms with E-state index >= 15 is 0 Å². The molecule has 1 atom stereocenters. The number of likely N-dealkylation sites (N-methyl/N-ethyl adjacent to an activating group) is 1. The van der Waals surface area contributed by atoms with Gasteiger partial charge in [0.15, 0.2) is 0 Å². The first kappa shape index (κ1) is 12.6. The molecule has 0 aliphatic rings. The predicted octanol–water partition coefficient (Wildman–Crippen LogP) is 0.797. The monoisotopic (exact) mass is 218 g/mol. The highest BCUT2D eigenvalue weighted by molar-refractivity contribution is 5.03. The molecule has 16 heavy (non-hydrogen) atoms. The van der Waals surface area contributed by atoms with E-state index in [4.69, 9.17) is 11.0 Å². The second-order valence-electron chi connectivity index (χ2n) is 3.90. The van der Waals surface area contributed by atoms with Gasteiger partial charge in [-0.3, -0.25) is 4.98 Å². The molecule has 4 nitrogen and oxygen atoms in total. The van der Waals surface area contributed by atoms with Crippen molar-refractivity contribution in [1.29, 1.82) is 5.26 Å². The highest BCUT2D eigenvalue weighted by Gasteiger charge is 2.03. The number of nitrogens with zero attached hydrogens (tertiary/aromatic N) is 3. The fraction of sp³-hybridized carbons (Fsp3) is 0.500. The van der Waals surface area contributed by atoms with Crippen LogP contribution in [-0.4, -0.2) is 36.1 Å². The maximum absolute atomic E-state index is 8.55. The molecule has 86 valence electrons. The van der Waals surface area contributed by atoms with Crippen LogP contribution in [0.2, 0.25) is 0 Å². The van der Waals surface area contributed by atoms with Gasteiger partial charge in [-0.05, 0) is 25.6 Å². The van der Waals surface area contributed by atoms with Gasteiger partial charge in [0.05, 0.1) is 12.1 Å². The van der Waals surface area contributed by atoms with E-state index in [-0.39, 0.29) is 6.04 Å². The fourth-order valence-electron chi connectivity index (χ4n) is 1.39. The smallest absolute Gasteiger partial charge is 0.0940 e. The Morgan fingerprint density at radius 1 is 1.50 bits per heavy atom. The lowest BCUT2D eigenvalue weighted by molar-refractivity contribution is 0.328. The molecule has 1 unspecified atom stereocenters. The minimum absolute atomic E-state index is 0.350. The van der Waals surface area contributed by atoms with Gasteiger partial charge in [-0.15, -0.1) is 0 Å². The molecule has 0 radical (unpaired) electrons. The van der Waals surface area contributed by atoms with Crippen molar-refractivity contribution in [1.82, 2.24) is 9.88 Å². The van der Waals surface area contributed by atoms with Gasteiger partial charge in [-0.2, -0.15) is 5.26 Å². The second-order valence-corrected chi connectivity index (χ2v) is 3.90. The summed E-state index contributed by atoms with van der Waals surface area (Å²) in [6.45, 7) is 1.79. The minimum Gasteiger partial charge on any atom is -0.316 e. The van der Waals surface area contributed by atoms with E-state index < -0.39 is 0 Å². The highest BCUT2D eigenvalue weighted by atomic mass is 15.1. The summed E-state index contributed by atoms with van der Waals surface area (Å²) in [5.74, 6) is 0. The lowest BCUT2D eigenvalue weighted by Crippen LogP contribution is -2.28. The molecule has 0 aliphatic carbocycles. The van der Waals surface area contributed by atoms with Crippen LogP contribution in [0.5, 0.6) is 0 Å². The number of pyridine rings is 1. The molecule has 0 spiro atoms. The topological polar surface area (TPSA) is 65.9 Å². The molecule has 0 aliphatic heterocycles. The summed E-state index contributed by atoms with van der Waals surface area (Å²) < 4.78 is 0. The third-order valence-corrected chi connectivity index (χ3v) is 2.46. The van der Waals surface area contributed by atoms with Crippen LogP contribution in [0.25, 0.3) is 0 Å². The van der Waals surface area contributed by atoms with Crippen LogP contribution >= 0.6 is 0 Å². The molecular weight excluding hydrogens is 200 g/mol. The van der Waals surface area contributed by atoms with Crippen LogP contribution in [0.15, 0.2) is 24.4 Å². The Labute approximate surface area is 96.7 Å². The number of nitrogens with two attached hydrogens (primary N) is 1. The quantitative estimate of drug-likeness (QED) is 0.767. The number of rotatable bonds is 6. The van der Waals surface area contributed by atoms with Crippen molar-refractivity contribution < 1.29 is 0 Å². The van der Waals surface area contributed by atoms with Gasteiger partial charge in [0.25, 0.3) is 0 Å². The molecule has 4 heteroatoms. The van der Waals surface area contributed by atoms with Gasteiger partial charge in [0, 0.05) is 31.4 Å². The molecule has 0 fully saturated rings. The average Bonchev–Trinajstić information content (AvgIpc) is 2.34. The lowest BCUT2D eigenvalue weighted by atomic mass is 10.2. The van der Waals surface area contributed by atoms with Crippen molar-refractivity contribution >= 4 is 0 Å². The molecule has 0 saturated carbocycles. The number of hydrogen-bond donors (Lipinski definition) is 1. The van der Waals surface area contributed by atoms with Crippen molar-refractivity contribution in [2.24, 2.45) is 5.73 Å². The Balaban J connectivity index is 2.21. The Morgan fingerprint density at radius 2 is 2.31 bits per heavy atom. The van der Waals surface area contributed by atoms with Gasteiger partial charge in [0.1, 0.15) is 0 Å². The van der Waals surface area contributed by atoms with Crippen molar-refractivity contribution in [2.45, 2.75) is 18.9 Å². The molecule has 1 rings (SSSR count). The van der Waals surface area contributed by atoms with E-state index in [0.717, 1.165) is 31.6 Å². The molecule has 1 aromatic heterocycles. The van der Waals surface area contributed by atoms with E-state index in [9.17, 15) is 0 Å². The van der Waals surface area contributed by atoms with Gasteiger partial charge < -0.3 is 10.6 Å². The van der Waals surface area contributed by atoms with Crippen molar-refractivity contribution in [2.75, 3.05) is 20.1 Å². The predicted molar refractivity (Wildman–Crippen MR) is 63.6 cm³/mol. The number of nitriles is 1. The van der Waals surface area contributed by atoms with Crippen LogP contribution in [0.4, 0.5) is 0 Å². The van der Waals surface area contributed by atoms with Gasteiger partial charge in [-0.25, -0.2) is 0 Å². The van der Waals surface area contributed by atoms with E-state index in [0.29, 0.717) is 0 Å². The normalized spacial score (nSPS) is 12.4. The van der Waals surface area contributed by atoms with E-state index in [1.165, 1.54) is 0 Å². The van der Waals surface area contributed by atoms with Gasteiger partial charge >= 0.3 is 0 Å². The minimum atomic E-state index is -0.350. The van der Waals surface area contributed by atoms with Gasteiger partial charge in [0.2, 0.25) is 0 Å². The first-order valence-electron chi connectivity index (χ1n) is 5.46. The molecular formula is C12H18N4. The summed E-state index contributed by atoms with van der Waals surface area (Å²) in [7, 11) is 2.03. The molecule has 0 aromatic carbocycles. The standard InChI is InChI=1S/C12H18N4/c1-16(8-5-11(14)10-13)9-6-12-4-2-3-7-15-12/h2-4,7,11H,5-6,8-9,14H2,1H3. The zero-order valence-electron chi connectivity index (χ0n) is 9.63. The Bertz CT molecular complexity index is 331. The molecule has 1 heterocycles. The van der Waals surface area contributed by atoms with E-state index in [1.807, 2.05) is 31.3 Å². The molecule has 1 aromatic rings. The zero-order valence-corrected chi connectivity index (χ0v) is 9.63. The Hall–Kier alpha value is -1.44. The SMILES string of the molecule is CN(CCc1ccccn1)CCC(N)C#N. The molecule has 0 amide bonds. The summed E-state index contributed by atoms with van der Waals surface area (Å²) >= 11 is 0.